The van der Waals surface area contributed by atoms with Crippen molar-refractivity contribution >= 4 is 22.9 Å². The Bertz CT molecular complexity index is 875. The van der Waals surface area contributed by atoms with Crippen molar-refractivity contribution < 1.29 is 9.90 Å². The van der Waals surface area contributed by atoms with E-state index >= 15 is 0 Å². The van der Waals surface area contributed by atoms with Crippen molar-refractivity contribution in [2.75, 3.05) is 20.1 Å². The normalized spacial score (nSPS) is 23.8. The number of carbonyl (C=O) groups is 1. The Kier molecular flexibility index (Phi) is 5.70. The first-order valence-corrected chi connectivity index (χ1v) is 11.2. The second-order valence-corrected chi connectivity index (χ2v) is 9.53. The second kappa shape index (κ2) is 8.22. The van der Waals surface area contributed by atoms with E-state index in [1.807, 2.05) is 18.2 Å². The minimum Gasteiger partial charge on any atom is -0.477 e. The van der Waals surface area contributed by atoms with Crippen LogP contribution in [0, 0.1) is 11.8 Å². The van der Waals surface area contributed by atoms with E-state index in [1.165, 1.54) is 48.2 Å². The largest absolute Gasteiger partial charge is 0.477 e. The number of carboxylic acid groups (broad SMARTS) is 1. The summed E-state index contributed by atoms with van der Waals surface area (Å²) in [5.74, 6) is 0.646. The maximum atomic E-state index is 12.1. The molecule has 2 aromatic rings. The molecule has 2 heterocycles. The van der Waals surface area contributed by atoms with Crippen molar-refractivity contribution in [3.8, 4) is 10.4 Å². The fourth-order valence-electron chi connectivity index (χ4n) is 4.75. The summed E-state index contributed by atoms with van der Waals surface area (Å²) in [5, 5.41) is 9.93. The van der Waals surface area contributed by atoms with Crippen molar-refractivity contribution in [2.24, 2.45) is 11.8 Å². The predicted octanol–water partition coefficient (Wildman–Crippen LogP) is 6.03. The molecular formula is C24H29NO2S. The van der Waals surface area contributed by atoms with Gasteiger partial charge in [-0.3, -0.25) is 0 Å². The van der Waals surface area contributed by atoms with Crippen molar-refractivity contribution in [3.63, 3.8) is 0 Å². The van der Waals surface area contributed by atoms with E-state index in [0.717, 1.165) is 41.4 Å². The van der Waals surface area contributed by atoms with Crippen LogP contribution >= 0.6 is 11.3 Å². The lowest BCUT2D eigenvalue weighted by Crippen LogP contribution is -2.30. The van der Waals surface area contributed by atoms with E-state index in [1.54, 1.807) is 0 Å². The number of benzene rings is 1. The second-order valence-electron chi connectivity index (χ2n) is 8.47. The summed E-state index contributed by atoms with van der Waals surface area (Å²) in [7, 11) is 2.14. The summed E-state index contributed by atoms with van der Waals surface area (Å²) in [5.41, 5.74) is 4.87. The molecule has 4 heteroatoms. The molecule has 0 spiro atoms. The van der Waals surface area contributed by atoms with Crippen LogP contribution in [0.3, 0.4) is 0 Å². The standard InChI is InChI=1S/C24H29NO2S/c1-16-8-10-17(11-9-16)19-12-13-25(2)15-21(19)20-14-22(28-23(20)24(26)27)18-6-4-3-5-7-18/h3-7,14,16-17H,8-13,15H2,1-2H3,(H,26,27). The van der Waals surface area contributed by atoms with Gasteiger partial charge in [0.1, 0.15) is 4.88 Å². The zero-order valence-electron chi connectivity index (χ0n) is 16.8. The molecule has 1 aromatic heterocycles. The van der Waals surface area contributed by atoms with Gasteiger partial charge in [0.25, 0.3) is 0 Å². The van der Waals surface area contributed by atoms with Crippen LogP contribution < -0.4 is 0 Å². The Balaban J connectivity index is 1.79. The van der Waals surface area contributed by atoms with E-state index in [9.17, 15) is 9.90 Å². The van der Waals surface area contributed by atoms with E-state index in [4.69, 9.17) is 0 Å². The van der Waals surface area contributed by atoms with Crippen molar-refractivity contribution in [3.05, 3.63) is 52.4 Å². The molecule has 2 aliphatic rings. The molecule has 4 rings (SSSR count). The van der Waals surface area contributed by atoms with Gasteiger partial charge in [0.2, 0.25) is 0 Å². The average molecular weight is 396 g/mol. The highest BCUT2D eigenvalue weighted by Gasteiger charge is 2.30. The van der Waals surface area contributed by atoms with Crippen LogP contribution in [0.1, 0.15) is 54.3 Å². The van der Waals surface area contributed by atoms with E-state index in [-0.39, 0.29) is 0 Å². The third-order valence-electron chi connectivity index (χ3n) is 6.40. The molecule has 3 nitrogen and oxygen atoms in total. The van der Waals surface area contributed by atoms with Gasteiger partial charge < -0.3 is 10.0 Å². The van der Waals surface area contributed by atoms with Crippen molar-refractivity contribution in [2.45, 2.75) is 39.0 Å². The zero-order chi connectivity index (χ0) is 19.7. The molecule has 1 N–H and O–H groups in total. The summed E-state index contributed by atoms with van der Waals surface area (Å²) in [6.07, 6.45) is 6.16. The molecule has 0 unspecified atom stereocenters. The Labute approximate surface area is 171 Å². The van der Waals surface area contributed by atoms with Crippen LogP contribution in [0.5, 0.6) is 0 Å². The summed E-state index contributed by atoms with van der Waals surface area (Å²) in [4.78, 5) is 16.0. The number of carboxylic acids is 1. The number of likely N-dealkylation sites (N-methyl/N-ethyl adjacent to an activating group) is 1. The molecule has 148 valence electrons. The summed E-state index contributed by atoms with van der Waals surface area (Å²) >= 11 is 1.41. The fourth-order valence-corrected chi connectivity index (χ4v) is 5.78. The van der Waals surface area contributed by atoms with Gasteiger partial charge in [-0.25, -0.2) is 4.79 Å². The molecular weight excluding hydrogens is 366 g/mol. The van der Waals surface area contributed by atoms with Gasteiger partial charge in [-0.2, -0.15) is 0 Å². The SMILES string of the molecule is CC1CCC(C2=C(c3cc(-c4ccccc4)sc3C(=O)O)CN(C)CC2)CC1. The van der Waals surface area contributed by atoms with Crippen LogP contribution in [0.2, 0.25) is 0 Å². The van der Waals surface area contributed by atoms with E-state index < -0.39 is 5.97 Å². The minimum absolute atomic E-state index is 0.492. The van der Waals surface area contributed by atoms with Crippen molar-refractivity contribution in [1.29, 1.82) is 0 Å². The van der Waals surface area contributed by atoms with Gasteiger partial charge in [-0.15, -0.1) is 11.3 Å². The molecule has 1 saturated carbocycles. The summed E-state index contributed by atoms with van der Waals surface area (Å²) in [6, 6.07) is 12.3. The zero-order valence-corrected chi connectivity index (χ0v) is 17.6. The Morgan fingerprint density at radius 3 is 2.54 bits per heavy atom. The molecule has 1 aliphatic heterocycles. The molecule has 0 radical (unpaired) electrons. The molecule has 1 aromatic carbocycles. The molecule has 1 fully saturated rings. The Hall–Kier alpha value is -1.91. The molecule has 0 bridgehead atoms. The number of hydrogen-bond acceptors (Lipinski definition) is 3. The van der Waals surface area contributed by atoms with Crippen LogP contribution in [0.15, 0.2) is 42.0 Å². The molecule has 28 heavy (non-hydrogen) atoms. The van der Waals surface area contributed by atoms with Crippen LogP contribution in [-0.2, 0) is 0 Å². The lowest BCUT2D eigenvalue weighted by molar-refractivity contribution is 0.0702. The number of aromatic carboxylic acids is 1. The number of rotatable bonds is 4. The number of thiophene rings is 1. The van der Waals surface area contributed by atoms with Gasteiger partial charge in [-0.05, 0) is 55.3 Å². The van der Waals surface area contributed by atoms with Gasteiger partial charge >= 0.3 is 5.97 Å². The van der Waals surface area contributed by atoms with Gasteiger partial charge in [0.15, 0.2) is 0 Å². The maximum Gasteiger partial charge on any atom is 0.346 e. The van der Waals surface area contributed by atoms with Crippen molar-refractivity contribution in [1.82, 2.24) is 4.90 Å². The highest BCUT2D eigenvalue weighted by atomic mass is 32.1. The monoisotopic (exact) mass is 395 g/mol. The molecule has 0 amide bonds. The lowest BCUT2D eigenvalue weighted by Gasteiger charge is -2.35. The topological polar surface area (TPSA) is 40.5 Å². The summed E-state index contributed by atoms with van der Waals surface area (Å²) < 4.78 is 0. The van der Waals surface area contributed by atoms with Gasteiger partial charge in [0.05, 0.1) is 0 Å². The third kappa shape index (κ3) is 3.94. The smallest absolute Gasteiger partial charge is 0.346 e. The average Bonchev–Trinajstić information content (AvgIpc) is 3.15. The quantitative estimate of drug-likeness (QED) is 0.687. The number of nitrogens with zero attached hydrogens (tertiary/aromatic N) is 1. The fraction of sp³-hybridized carbons (Fsp3) is 0.458. The minimum atomic E-state index is -0.806. The van der Waals surface area contributed by atoms with Crippen LogP contribution in [0.4, 0.5) is 0 Å². The Morgan fingerprint density at radius 2 is 1.86 bits per heavy atom. The number of hydrogen-bond donors (Lipinski definition) is 1. The van der Waals surface area contributed by atoms with E-state index in [2.05, 4.69) is 37.1 Å². The van der Waals surface area contributed by atoms with Gasteiger partial charge in [-0.1, -0.05) is 55.7 Å². The highest BCUT2D eigenvalue weighted by molar-refractivity contribution is 7.17. The molecule has 0 atom stereocenters. The first-order chi connectivity index (χ1) is 13.5. The molecule has 0 saturated heterocycles. The third-order valence-corrected chi connectivity index (χ3v) is 7.57. The first kappa shape index (κ1) is 19.4. The Morgan fingerprint density at radius 1 is 1.14 bits per heavy atom. The van der Waals surface area contributed by atoms with E-state index in [0.29, 0.717) is 10.8 Å². The van der Waals surface area contributed by atoms with Crippen LogP contribution in [-0.4, -0.2) is 36.1 Å². The maximum absolute atomic E-state index is 12.1. The van der Waals surface area contributed by atoms with Gasteiger partial charge in [0, 0.05) is 23.5 Å². The molecule has 1 aliphatic carbocycles. The predicted molar refractivity (Wildman–Crippen MR) is 117 cm³/mol. The highest BCUT2D eigenvalue weighted by Crippen LogP contribution is 2.43. The first-order valence-electron chi connectivity index (χ1n) is 10.4. The summed E-state index contributed by atoms with van der Waals surface area (Å²) in [6.45, 7) is 4.28. The van der Waals surface area contributed by atoms with Crippen LogP contribution in [0.25, 0.3) is 16.0 Å². The lowest BCUT2D eigenvalue weighted by atomic mass is 9.75.